The normalized spacial score (nSPS) is 42.8. The van der Waals surface area contributed by atoms with Crippen LogP contribution >= 0.6 is 0 Å². The van der Waals surface area contributed by atoms with Gasteiger partial charge in [-0.3, -0.25) is 4.79 Å². The molecule has 1 aliphatic heterocycles. The number of fused-ring (bicyclic) bond motifs is 1. The summed E-state index contributed by atoms with van der Waals surface area (Å²) >= 11 is 0. The molecule has 0 aromatic carbocycles. The minimum absolute atomic E-state index is 0.0123. The summed E-state index contributed by atoms with van der Waals surface area (Å²) in [6, 6.07) is 0. The average Bonchev–Trinajstić information content (AvgIpc) is 2.55. The third-order valence-electron chi connectivity index (χ3n) is 4.22. The Labute approximate surface area is 97.5 Å². The second-order valence-corrected chi connectivity index (χ2v) is 5.11. The first-order valence-electron chi connectivity index (χ1n) is 6.47. The van der Waals surface area contributed by atoms with Crippen LogP contribution in [0.5, 0.6) is 0 Å². The number of esters is 1. The van der Waals surface area contributed by atoms with Crippen LogP contribution in [0.15, 0.2) is 0 Å². The third-order valence-corrected chi connectivity index (χ3v) is 4.22. The maximum Gasteiger partial charge on any atom is 0.309 e. The van der Waals surface area contributed by atoms with E-state index in [1.165, 1.54) is 0 Å². The van der Waals surface area contributed by atoms with E-state index in [0.717, 1.165) is 19.3 Å². The molecule has 0 radical (unpaired) electrons. The summed E-state index contributed by atoms with van der Waals surface area (Å²) in [4.78, 5) is 11.9. The van der Waals surface area contributed by atoms with Gasteiger partial charge in [-0.2, -0.15) is 0 Å². The van der Waals surface area contributed by atoms with Gasteiger partial charge in [0, 0.05) is 5.92 Å². The molecule has 92 valence electrons. The van der Waals surface area contributed by atoms with Crippen molar-refractivity contribution in [2.45, 2.75) is 52.2 Å². The lowest BCUT2D eigenvalue weighted by atomic mass is 9.72. The van der Waals surface area contributed by atoms with E-state index in [0.29, 0.717) is 18.4 Å². The fraction of sp³-hybridized carbons (Fsp3) is 0.923. The van der Waals surface area contributed by atoms with Gasteiger partial charge >= 0.3 is 5.97 Å². The van der Waals surface area contributed by atoms with Crippen molar-refractivity contribution in [3.63, 3.8) is 0 Å². The van der Waals surface area contributed by atoms with Crippen molar-refractivity contribution < 1.29 is 14.3 Å². The molecular weight excluding hydrogens is 204 g/mol. The monoisotopic (exact) mass is 226 g/mol. The van der Waals surface area contributed by atoms with Crippen LogP contribution in [-0.2, 0) is 14.3 Å². The Hall–Kier alpha value is -0.570. The van der Waals surface area contributed by atoms with E-state index >= 15 is 0 Å². The Bertz CT molecular complexity index is 264. The van der Waals surface area contributed by atoms with Crippen LogP contribution in [0.2, 0.25) is 0 Å². The molecule has 1 saturated heterocycles. The quantitative estimate of drug-likeness (QED) is 0.678. The molecule has 3 nitrogen and oxygen atoms in total. The molecule has 0 aromatic heterocycles. The van der Waals surface area contributed by atoms with E-state index in [9.17, 15) is 4.79 Å². The molecule has 1 saturated carbocycles. The predicted molar refractivity (Wildman–Crippen MR) is 61.0 cm³/mol. The Kier molecular flexibility index (Phi) is 3.53. The van der Waals surface area contributed by atoms with Crippen LogP contribution in [0.4, 0.5) is 0 Å². The highest BCUT2D eigenvalue weighted by Crippen LogP contribution is 2.44. The van der Waals surface area contributed by atoms with E-state index in [4.69, 9.17) is 9.47 Å². The highest BCUT2D eigenvalue weighted by atomic mass is 16.5. The number of hydrogen-bond acceptors (Lipinski definition) is 3. The van der Waals surface area contributed by atoms with Crippen LogP contribution in [0.1, 0.15) is 40.0 Å². The van der Waals surface area contributed by atoms with Crippen molar-refractivity contribution in [2.24, 2.45) is 17.8 Å². The van der Waals surface area contributed by atoms with Crippen molar-refractivity contribution in [1.29, 1.82) is 0 Å². The molecule has 1 aliphatic carbocycles. The zero-order chi connectivity index (χ0) is 11.7. The van der Waals surface area contributed by atoms with Crippen molar-refractivity contribution >= 4 is 5.97 Å². The van der Waals surface area contributed by atoms with E-state index in [-0.39, 0.29) is 24.1 Å². The van der Waals surface area contributed by atoms with E-state index < -0.39 is 0 Å². The maximum absolute atomic E-state index is 11.9. The lowest BCUT2D eigenvalue weighted by Crippen LogP contribution is -2.37. The van der Waals surface area contributed by atoms with Gasteiger partial charge in [0.15, 0.2) is 0 Å². The summed E-state index contributed by atoms with van der Waals surface area (Å²) in [7, 11) is 0. The van der Waals surface area contributed by atoms with Gasteiger partial charge in [-0.1, -0.05) is 6.92 Å². The summed E-state index contributed by atoms with van der Waals surface area (Å²) in [5.41, 5.74) is 0. The molecule has 1 heterocycles. The van der Waals surface area contributed by atoms with Gasteiger partial charge < -0.3 is 9.47 Å². The van der Waals surface area contributed by atoms with Crippen LogP contribution in [0.3, 0.4) is 0 Å². The number of ether oxygens (including phenoxy) is 2. The Morgan fingerprint density at radius 3 is 2.81 bits per heavy atom. The number of rotatable bonds is 2. The minimum Gasteiger partial charge on any atom is -0.466 e. The third kappa shape index (κ3) is 1.97. The minimum atomic E-state index is -0.0123. The first kappa shape index (κ1) is 11.9. The molecule has 0 N–H and O–H groups in total. The molecule has 0 spiro atoms. The summed E-state index contributed by atoms with van der Waals surface area (Å²) in [6.45, 7) is 6.67. The molecule has 2 rings (SSSR count). The van der Waals surface area contributed by atoms with E-state index in [1.807, 2.05) is 6.92 Å². The zero-order valence-corrected chi connectivity index (χ0v) is 10.4. The van der Waals surface area contributed by atoms with Gasteiger partial charge in [0.05, 0.1) is 24.7 Å². The first-order chi connectivity index (χ1) is 7.65. The van der Waals surface area contributed by atoms with Crippen molar-refractivity contribution in [1.82, 2.24) is 0 Å². The van der Waals surface area contributed by atoms with Crippen molar-refractivity contribution in [3.8, 4) is 0 Å². The molecule has 2 fully saturated rings. The second kappa shape index (κ2) is 4.74. The van der Waals surface area contributed by atoms with E-state index in [1.54, 1.807) is 0 Å². The molecule has 2 aliphatic rings. The summed E-state index contributed by atoms with van der Waals surface area (Å²) in [5, 5.41) is 0. The summed E-state index contributed by atoms with van der Waals surface area (Å²) < 4.78 is 11.1. The topological polar surface area (TPSA) is 35.5 Å². The standard InChI is InChI=1S/C13H22O3/c1-4-15-13(14)10-6-5-7-11-12(10)8(2)9(3)16-11/h8-12H,4-7H2,1-3H3/t8-,9-,10-,11+,12+/m1/s1. The van der Waals surface area contributed by atoms with Crippen LogP contribution in [-0.4, -0.2) is 24.8 Å². The number of carbonyl (C=O) groups excluding carboxylic acids is 1. The molecule has 5 atom stereocenters. The molecule has 0 bridgehead atoms. The smallest absolute Gasteiger partial charge is 0.309 e. The summed E-state index contributed by atoms with van der Waals surface area (Å²) in [5.74, 6) is 0.905. The molecule has 3 heteroatoms. The lowest BCUT2D eigenvalue weighted by Gasteiger charge is -2.32. The van der Waals surface area contributed by atoms with Gasteiger partial charge in [0.1, 0.15) is 0 Å². The Morgan fingerprint density at radius 2 is 2.12 bits per heavy atom. The Balaban J connectivity index is 2.10. The highest BCUT2D eigenvalue weighted by molar-refractivity contribution is 5.73. The van der Waals surface area contributed by atoms with Crippen LogP contribution < -0.4 is 0 Å². The molecule has 0 aromatic rings. The number of carbonyl (C=O) groups is 1. The number of hydrogen-bond donors (Lipinski definition) is 0. The molecule has 0 amide bonds. The first-order valence-corrected chi connectivity index (χ1v) is 6.47. The molecule has 0 unspecified atom stereocenters. The largest absolute Gasteiger partial charge is 0.466 e. The van der Waals surface area contributed by atoms with Crippen molar-refractivity contribution in [3.05, 3.63) is 0 Å². The van der Waals surface area contributed by atoms with Gasteiger partial charge in [0.25, 0.3) is 0 Å². The highest BCUT2D eigenvalue weighted by Gasteiger charge is 2.48. The maximum atomic E-state index is 11.9. The average molecular weight is 226 g/mol. The second-order valence-electron chi connectivity index (χ2n) is 5.11. The van der Waals surface area contributed by atoms with Crippen LogP contribution in [0.25, 0.3) is 0 Å². The summed E-state index contributed by atoms with van der Waals surface area (Å²) in [6.07, 6.45) is 3.73. The molecular formula is C13H22O3. The fourth-order valence-electron chi connectivity index (χ4n) is 3.28. The lowest BCUT2D eigenvalue weighted by molar-refractivity contribution is -0.153. The van der Waals surface area contributed by atoms with Gasteiger partial charge in [-0.25, -0.2) is 0 Å². The predicted octanol–water partition coefficient (Wildman–Crippen LogP) is 2.39. The molecule has 16 heavy (non-hydrogen) atoms. The van der Waals surface area contributed by atoms with Gasteiger partial charge in [0.2, 0.25) is 0 Å². The van der Waals surface area contributed by atoms with Crippen LogP contribution in [0, 0.1) is 17.8 Å². The van der Waals surface area contributed by atoms with E-state index in [2.05, 4.69) is 13.8 Å². The Morgan fingerprint density at radius 1 is 1.38 bits per heavy atom. The van der Waals surface area contributed by atoms with Crippen molar-refractivity contribution in [2.75, 3.05) is 6.61 Å². The van der Waals surface area contributed by atoms with Gasteiger partial charge in [-0.15, -0.1) is 0 Å². The van der Waals surface area contributed by atoms with Gasteiger partial charge in [-0.05, 0) is 39.0 Å². The zero-order valence-electron chi connectivity index (χ0n) is 10.4. The fourth-order valence-corrected chi connectivity index (χ4v) is 3.28. The SMILES string of the molecule is CCOC(=O)[C@@H]1CCC[C@@H]2O[C@H](C)[C@@H](C)[C@H]21.